The first-order chi connectivity index (χ1) is 15.1. The van der Waals surface area contributed by atoms with Gasteiger partial charge >= 0.3 is 0 Å². The van der Waals surface area contributed by atoms with Crippen LogP contribution < -0.4 is 10.5 Å². The number of amides is 1. The van der Waals surface area contributed by atoms with E-state index in [1.807, 2.05) is 29.2 Å². The molecule has 2 unspecified atom stereocenters. The van der Waals surface area contributed by atoms with Crippen molar-refractivity contribution < 1.29 is 9.53 Å². The van der Waals surface area contributed by atoms with Crippen molar-refractivity contribution in [3.05, 3.63) is 36.3 Å². The molecule has 2 atom stereocenters. The quantitative estimate of drug-likeness (QED) is 0.634. The van der Waals surface area contributed by atoms with Crippen LogP contribution in [0.25, 0.3) is 11.3 Å². The fraction of sp³-hybridized carbons (Fsp3) is 0.583. The van der Waals surface area contributed by atoms with E-state index in [1.165, 1.54) is 32.1 Å². The van der Waals surface area contributed by atoms with Gasteiger partial charge in [-0.05, 0) is 30.9 Å². The molecule has 0 radical (unpaired) electrons. The van der Waals surface area contributed by atoms with Crippen molar-refractivity contribution in [2.24, 2.45) is 11.7 Å². The molecule has 2 aromatic rings. The number of carbonyl (C=O) groups is 1. The van der Waals surface area contributed by atoms with Gasteiger partial charge in [-0.25, -0.2) is 4.98 Å². The van der Waals surface area contributed by atoms with Crippen LogP contribution in [0.15, 0.2) is 30.5 Å². The number of imidazole rings is 1. The average Bonchev–Trinajstić information content (AvgIpc) is 3.26. The molecule has 2 aliphatic rings. The summed E-state index contributed by atoms with van der Waals surface area (Å²) in [5.74, 6) is 2.86. The average molecular weight is 443 g/mol. The van der Waals surface area contributed by atoms with Crippen molar-refractivity contribution >= 4 is 18.5 Å². The Morgan fingerprint density at radius 2 is 2.00 bits per heavy atom. The Morgan fingerprint density at radius 3 is 2.74 bits per heavy atom. The summed E-state index contributed by atoms with van der Waals surface area (Å²) in [6, 6.07) is 7.33. The Morgan fingerprint density at radius 1 is 1.23 bits per heavy atom. The van der Waals surface area contributed by atoms with Gasteiger partial charge in [-0.3, -0.25) is 4.79 Å². The smallest absolute Gasteiger partial charge is 0.241 e. The zero-order chi connectivity index (χ0) is 21.8. The van der Waals surface area contributed by atoms with E-state index in [0.29, 0.717) is 12.3 Å². The van der Waals surface area contributed by atoms with E-state index in [1.54, 1.807) is 7.11 Å². The van der Waals surface area contributed by atoms with Crippen LogP contribution in [0, 0.1) is 5.92 Å². The predicted octanol–water partition coefficient (Wildman–Crippen LogP) is 4.06. The minimum Gasteiger partial charge on any atom is -0.496 e. The van der Waals surface area contributed by atoms with E-state index in [9.17, 15) is 4.79 Å². The first-order valence-electron chi connectivity index (χ1n) is 11.5. The van der Waals surface area contributed by atoms with Crippen LogP contribution in [-0.2, 0) is 11.3 Å². The van der Waals surface area contributed by atoms with Crippen LogP contribution >= 0.6 is 12.6 Å². The van der Waals surface area contributed by atoms with E-state index < -0.39 is 6.04 Å². The van der Waals surface area contributed by atoms with Crippen molar-refractivity contribution in [3.8, 4) is 17.0 Å². The number of fused-ring (bicyclic) bond motifs is 1. The molecule has 31 heavy (non-hydrogen) atoms. The van der Waals surface area contributed by atoms with Gasteiger partial charge in [0.1, 0.15) is 11.6 Å². The third-order valence-electron chi connectivity index (χ3n) is 6.82. The summed E-state index contributed by atoms with van der Waals surface area (Å²) in [6.07, 6.45) is 10.8. The number of nitrogens with two attached hydrogens (primary N) is 1. The maximum Gasteiger partial charge on any atom is 0.241 e. The normalized spacial score (nSPS) is 20.4. The molecular formula is C24H34N4O2S. The second-order valence-corrected chi connectivity index (χ2v) is 9.16. The largest absolute Gasteiger partial charge is 0.496 e. The maximum atomic E-state index is 13.1. The molecule has 7 heteroatoms. The van der Waals surface area contributed by atoms with Gasteiger partial charge in [0.2, 0.25) is 5.91 Å². The first-order valence-corrected chi connectivity index (χ1v) is 12.1. The molecule has 2 heterocycles. The molecule has 1 aliphatic carbocycles. The zero-order valence-electron chi connectivity index (χ0n) is 18.4. The van der Waals surface area contributed by atoms with Gasteiger partial charge in [0, 0.05) is 30.6 Å². The number of para-hydroxylation sites is 1. The fourth-order valence-electron chi connectivity index (χ4n) is 5.08. The molecule has 1 fully saturated rings. The Hall–Kier alpha value is -1.99. The van der Waals surface area contributed by atoms with E-state index in [0.717, 1.165) is 48.1 Å². The number of hydrogen-bond donors (Lipinski definition) is 2. The Bertz CT molecular complexity index is 893. The van der Waals surface area contributed by atoms with Gasteiger partial charge in [0.15, 0.2) is 0 Å². The molecule has 1 aliphatic heterocycles. The number of benzene rings is 1. The topological polar surface area (TPSA) is 73.4 Å². The molecule has 1 aromatic heterocycles. The minimum absolute atomic E-state index is 0.0169. The van der Waals surface area contributed by atoms with Crippen LogP contribution in [0.5, 0.6) is 5.75 Å². The number of methoxy groups -OCH3 is 1. The molecule has 6 nitrogen and oxygen atoms in total. The summed E-state index contributed by atoms with van der Waals surface area (Å²) in [6.45, 7) is 1.38. The van der Waals surface area contributed by atoms with Gasteiger partial charge in [-0.15, -0.1) is 0 Å². The van der Waals surface area contributed by atoms with Gasteiger partial charge < -0.3 is 19.9 Å². The van der Waals surface area contributed by atoms with Crippen molar-refractivity contribution in [1.29, 1.82) is 0 Å². The maximum absolute atomic E-state index is 13.1. The highest BCUT2D eigenvalue weighted by Gasteiger charge is 2.35. The predicted molar refractivity (Wildman–Crippen MR) is 126 cm³/mol. The van der Waals surface area contributed by atoms with Crippen LogP contribution in [0.4, 0.5) is 0 Å². The SMILES string of the molecule is COc1ccccc1-c1cn2c(n1)C(CCC1CCCCC1)N(C(=O)C(N)CS)CC2. The minimum atomic E-state index is -0.573. The van der Waals surface area contributed by atoms with Crippen LogP contribution in [0.1, 0.15) is 56.8 Å². The van der Waals surface area contributed by atoms with E-state index >= 15 is 0 Å². The van der Waals surface area contributed by atoms with Crippen molar-refractivity contribution in [2.75, 3.05) is 19.4 Å². The third-order valence-corrected chi connectivity index (χ3v) is 7.21. The summed E-state index contributed by atoms with van der Waals surface area (Å²) >= 11 is 4.26. The lowest BCUT2D eigenvalue weighted by Gasteiger charge is -2.38. The first kappa shape index (κ1) is 22.2. The number of aromatic nitrogens is 2. The molecule has 1 aromatic carbocycles. The van der Waals surface area contributed by atoms with Crippen LogP contribution in [0.3, 0.4) is 0 Å². The Balaban J connectivity index is 1.63. The molecule has 0 saturated heterocycles. The molecule has 1 saturated carbocycles. The van der Waals surface area contributed by atoms with Crippen LogP contribution in [0.2, 0.25) is 0 Å². The summed E-state index contributed by atoms with van der Waals surface area (Å²) in [7, 11) is 1.68. The molecule has 2 N–H and O–H groups in total. The van der Waals surface area contributed by atoms with Crippen molar-refractivity contribution in [2.45, 2.75) is 63.6 Å². The lowest BCUT2D eigenvalue weighted by molar-refractivity contribution is -0.136. The summed E-state index contributed by atoms with van der Waals surface area (Å²) < 4.78 is 7.76. The number of nitrogens with zero attached hydrogens (tertiary/aromatic N) is 3. The summed E-state index contributed by atoms with van der Waals surface area (Å²) in [5, 5.41) is 0. The van der Waals surface area contributed by atoms with E-state index in [4.69, 9.17) is 15.5 Å². The highest BCUT2D eigenvalue weighted by Crippen LogP contribution is 2.37. The Labute approximate surface area is 190 Å². The van der Waals surface area contributed by atoms with E-state index in [2.05, 4.69) is 23.4 Å². The Kier molecular flexibility index (Phi) is 7.23. The second-order valence-electron chi connectivity index (χ2n) is 8.80. The molecular weight excluding hydrogens is 408 g/mol. The number of hydrogen-bond acceptors (Lipinski definition) is 5. The van der Waals surface area contributed by atoms with Gasteiger partial charge in [0.25, 0.3) is 0 Å². The highest BCUT2D eigenvalue weighted by molar-refractivity contribution is 7.80. The molecule has 1 amide bonds. The van der Waals surface area contributed by atoms with E-state index in [-0.39, 0.29) is 11.9 Å². The molecule has 4 rings (SSSR count). The fourth-order valence-corrected chi connectivity index (χ4v) is 5.24. The lowest BCUT2D eigenvalue weighted by Crippen LogP contribution is -2.50. The third kappa shape index (κ3) is 4.77. The molecule has 0 bridgehead atoms. The monoisotopic (exact) mass is 442 g/mol. The molecule has 168 valence electrons. The number of thiol groups is 1. The lowest BCUT2D eigenvalue weighted by atomic mass is 9.85. The highest BCUT2D eigenvalue weighted by atomic mass is 32.1. The van der Waals surface area contributed by atoms with Crippen LogP contribution in [-0.4, -0.2) is 45.8 Å². The summed E-state index contributed by atoms with van der Waals surface area (Å²) in [4.78, 5) is 20.1. The zero-order valence-corrected chi connectivity index (χ0v) is 19.3. The summed E-state index contributed by atoms with van der Waals surface area (Å²) in [5.41, 5.74) is 7.96. The number of ether oxygens (including phenoxy) is 1. The van der Waals surface area contributed by atoms with Crippen molar-refractivity contribution in [3.63, 3.8) is 0 Å². The molecule has 0 spiro atoms. The van der Waals surface area contributed by atoms with Gasteiger partial charge in [-0.2, -0.15) is 12.6 Å². The van der Waals surface area contributed by atoms with Gasteiger partial charge in [0.05, 0.1) is 24.9 Å². The van der Waals surface area contributed by atoms with Crippen molar-refractivity contribution in [1.82, 2.24) is 14.5 Å². The number of rotatable bonds is 7. The second kappa shape index (κ2) is 10.1. The van der Waals surface area contributed by atoms with Gasteiger partial charge in [-0.1, -0.05) is 44.2 Å². The number of carbonyl (C=O) groups excluding carboxylic acids is 1. The standard InChI is InChI=1S/C24H34N4O2S/c1-30-22-10-6-5-9-18(22)20-15-27-13-14-28(24(29)19(25)16-31)21(23(27)26-20)12-11-17-7-3-2-4-8-17/h5-6,9-10,15,17,19,21,31H,2-4,7-8,11-14,16,25H2,1H3.